The number of hydrogen-bond acceptors (Lipinski definition) is 2. The van der Waals surface area contributed by atoms with Crippen molar-refractivity contribution >= 4 is 0 Å². The SMILES string of the molecule is CC#N.CCCN(CCc1ccccc1)C(C)CCc1ccc(C2C(F)CCCC2F)cc1. The van der Waals surface area contributed by atoms with Crippen LogP contribution in [0.5, 0.6) is 0 Å². The molecule has 1 aliphatic rings. The zero-order valence-corrected chi connectivity index (χ0v) is 20.5. The molecule has 2 aromatic carbocycles. The van der Waals surface area contributed by atoms with E-state index in [4.69, 9.17) is 5.26 Å². The van der Waals surface area contributed by atoms with Gasteiger partial charge in [0, 0.05) is 25.4 Å². The van der Waals surface area contributed by atoms with Gasteiger partial charge in [-0.2, -0.15) is 5.26 Å². The van der Waals surface area contributed by atoms with E-state index in [9.17, 15) is 8.78 Å². The van der Waals surface area contributed by atoms with Gasteiger partial charge in [-0.05, 0) is 75.1 Å². The Morgan fingerprint density at radius 2 is 1.52 bits per heavy atom. The van der Waals surface area contributed by atoms with E-state index >= 15 is 0 Å². The van der Waals surface area contributed by atoms with Crippen LogP contribution in [0.15, 0.2) is 54.6 Å². The number of hydrogen-bond donors (Lipinski definition) is 0. The monoisotopic (exact) mass is 454 g/mol. The molecule has 2 nitrogen and oxygen atoms in total. The van der Waals surface area contributed by atoms with Crippen LogP contribution in [-0.2, 0) is 12.8 Å². The minimum Gasteiger partial charge on any atom is -0.300 e. The van der Waals surface area contributed by atoms with Crippen LogP contribution in [0.2, 0.25) is 0 Å². The lowest BCUT2D eigenvalue weighted by molar-refractivity contribution is 0.124. The van der Waals surface area contributed by atoms with Crippen molar-refractivity contribution in [2.24, 2.45) is 0 Å². The first-order valence-electron chi connectivity index (χ1n) is 12.5. The molecule has 0 aromatic heterocycles. The predicted octanol–water partition coefficient (Wildman–Crippen LogP) is 7.44. The second kappa shape index (κ2) is 14.8. The fourth-order valence-corrected chi connectivity index (χ4v) is 4.73. The molecule has 3 atom stereocenters. The normalized spacial score (nSPS) is 21.1. The summed E-state index contributed by atoms with van der Waals surface area (Å²) < 4.78 is 28.5. The van der Waals surface area contributed by atoms with Gasteiger partial charge < -0.3 is 4.90 Å². The average Bonchev–Trinajstić information content (AvgIpc) is 2.82. The van der Waals surface area contributed by atoms with Gasteiger partial charge in [0.05, 0.1) is 6.07 Å². The van der Waals surface area contributed by atoms with Gasteiger partial charge >= 0.3 is 0 Å². The molecule has 33 heavy (non-hydrogen) atoms. The van der Waals surface area contributed by atoms with Gasteiger partial charge in [0.25, 0.3) is 0 Å². The number of nitrogens with zero attached hydrogens (tertiary/aromatic N) is 2. The number of nitriles is 1. The summed E-state index contributed by atoms with van der Waals surface area (Å²) in [5, 5.41) is 7.32. The van der Waals surface area contributed by atoms with Crippen molar-refractivity contribution in [3.05, 3.63) is 71.3 Å². The Morgan fingerprint density at radius 3 is 2.09 bits per heavy atom. The lowest BCUT2D eigenvalue weighted by atomic mass is 9.81. The molecule has 0 N–H and O–H groups in total. The summed E-state index contributed by atoms with van der Waals surface area (Å²) in [6.45, 7) is 8.18. The second-order valence-corrected chi connectivity index (χ2v) is 9.11. The number of rotatable bonds is 10. The van der Waals surface area contributed by atoms with E-state index < -0.39 is 18.3 Å². The molecule has 0 amide bonds. The number of halogens is 2. The summed E-state index contributed by atoms with van der Waals surface area (Å²) in [5.41, 5.74) is 3.47. The summed E-state index contributed by atoms with van der Waals surface area (Å²) in [6, 6.07) is 21.0. The maximum atomic E-state index is 14.2. The molecule has 180 valence electrons. The summed E-state index contributed by atoms with van der Waals surface area (Å²) in [7, 11) is 0. The van der Waals surface area contributed by atoms with Crippen molar-refractivity contribution in [2.75, 3.05) is 13.1 Å². The highest BCUT2D eigenvalue weighted by Gasteiger charge is 2.34. The van der Waals surface area contributed by atoms with Gasteiger partial charge in [-0.1, -0.05) is 61.5 Å². The molecule has 0 spiro atoms. The topological polar surface area (TPSA) is 27.0 Å². The Balaban J connectivity index is 0.00000122. The lowest BCUT2D eigenvalue weighted by Crippen LogP contribution is -2.35. The van der Waals surface area contributed by atoms with Gasteiger partial charge in [0.15, 0.2) is 0 Å². The fraction of sp³-hybridized carbons (Fsp3) is 0.552. The van der Waals surface area contributed by atoms with Gasteiger partial charge in [0.2, 0.25) is 0 Å². The molecule has 1 fully saturated rings. The maximum Gasteiger partial charge on any atom is 0.110 e. The molecule has 0 heterocycles. The molecule has 3 unspecified atom stereocenters. The van der Waals surface area contributed by atoms with Crippen LogP contribution in [0.4, 0.5) is 8.78 Å². The zero-order chi connectivity index (χ0) is 24.1. The standard InChI is InChI=1S/C27H37F2N.C2H3N/c1-3-19-30(20-18-22-8-5-4-6-9-22)21(2)12-13-23-14-16-24(17-15-23)27-25(28)10-7-11-26(27)29;1-2-3/h4-6,8-9,14-17,21,25-27H,3,7,10-13,18-20H2,1-2H3;1H3. The van der Waals surface area contributed by atoms with E-state index in [1.165, 1.54) is 18.1 Å². The molecule has 2 aromatic rings. The first-order chi connectivity index (χ1) is 16.0. The van der Waals surface area contributed by atoms with Crippen LogP contribution in [0.25, 0.3) is 0 Å². The van der Waals surface area contributed by atoms with Crippen LogP contribution in [0.3, 0.4) is 0 Å². The van der Waals surface area contributed by atoms with Gasteiger partial charge in [-0.25, -0.2) is 8.78 Å². The highest BCUT2D eigenvalue weighted by Crippen LogP contribution is 2.37. The highest BCUT2D eigenvalue weighted by molar-refractivity contribution is 5.28. The van der Waals surface area contributed by atoms with Crippen molar-refractivity contribution < 1.29 is 8.78 Å². The van der Waals surface area contributed by atoms with E-state index in [0.29, 0.717) is 25.3 Å². The average molecular weight is 455 g/mol. The van der Waals surface area contributed by atoms with E-state index in [-0.39, 0.29) is 0 Å². The molecular weight excluding hydrogens is 414 g/mol. The Bertz CT molecular complexity index is 806. The Kier molecular flexibility index (Phi) is 12.1. The van der Waals surface area contributed by atoms with Crippen molar-refractivity contribution in [1.82, 2.24) is 4.90 Å². The number of aryl methyl sites for hydroxylation is 1. The van der Waals surface area contributed by atoms with E-state index in [2.05, 4.69) is 61.2 Å². The third kappa shape index (κ3) is 8.89. The number of alkyl halides is 2. The van der Waals surface area contributed by atoms with Crippen molar-refractivity contribution in [3.63, 3.8) is 0 Å². The Morgan fingerprint density at radius 1 is 0.939 bits per heavy atom. The molecule has 4 heteroatoms. The van der Waals surface area contributed by atoms with Gasteiger partial charge in [-0.3, -0.25) is 0 Å². The molecule has 3 rings (SSSR count). The molecule has 0 radical (unpaired) electrons. The third-order valence-corrected chi connectivity index (χ3v) is 6.62. The zero-order valence-electron chi connectivity index (χ0n) is 20.5. The smallest absolute Gasteiger partial charge is 0.110 e. The van der Waals surface area contributed by atoms with Gasteiger partial charge in [0.1, 0.15) is 12.3 Å². The molecular formula is C29H40F2N2. The van der Waals surface area contributed by atoms with Crippen LogP contribution in [0.1, 0.15) is 75.5 Å². The minimum absolute atomic E-state index is 0.487. The lowest BCUT2D eigenvalue weighted by Gasteiger charge is -2.30. The summed E-state index contributed by atoms with van der Waals surface area (Å²) in [6.07, 6.45) is 3.86. The number of benzene rings is 2. The van der Waals surface area contributed by atoms with Gasteiger partial charge in [-0.15, -0.1) is 0 Å². The largest absolute Gasteiger partial charge is 0.300 e. The van der Waals surface area contributed by atoms with E-state index in [0.717, 1.165) is 44.3 Å². The van der Waals surface area contributed by atoms with Crippen molar-refractivity contribution in [1.29, 1.82) is 5.26 Å². The summed E-state index contributed by atoms with van der Waals surface area (Å²) in [4.78, 5) is 2.59. The van der Waals surface area contributed by atoms with Crippen LogP contribution in [-0.4, -0.2) is 36.4 Å². The molecule has 0 saturated heterocycles. The maximum absolute atomic E-state index is 14.2. The van der Waals surface area contributed by atoms with Crippen LogP contribution < -0.4 is 0 Å². The fourth-order valence-electron chi connectivity index (χ4n) is 4.73. The second-order valence-electron chi connectivity index (χ2n) is 9.11. The third-order valence-electron chi connectivity index (χ3n) is 6.62. The molecule has 0 bridgehead atoms. The van der Waals surface area contributed by atoms with Crippen molar-refractivity contribution in [2.45, 2.75) is 90.0 Å². The Labute approximate surface area is 199 Å². The first-order valence-corrected chi connectivity index (χ1v) is 12.5. The molecule has 1 saturated carbocycles. The van der Waals surface area contributed by atoms with Crippen molar-refractivity contribution in [3.8, 4) is 6.07 Å². The van der Waals surface area contributed by atoms with E-state index in [1.54, 1.807) is 6.07 Å². The first kappa shape index (κ1) is 27.0. The predicted molar refractivity (Wildman–Crippen MR) is 134 cm³/mol. The molecule has 0 aliphatic heterocycles. The minimum atomic E-state index is -1.05. The molecule has 1 aliphatic carbocycles. The highest BCUT2D eigenvalue weighted by atomic mass is 19.1. The van der Waals surface area contributed by atoms with Crippen LogP contribution >= 0.6 is 0 Å². The quantitative estimate of drug-likeness (QED) is 0.373. The summed E-state index contributed by atoms with van der Waals surface area (Å²) >= 11 is 0. The van der Waals surface area contributed by atoms with E-state index in [1.807, 2.05) is 12.1 Å². The Hall–Kier alpha value is -2.25. The van der Waals surface area contributed by atoms with Crippen LogP contribution in [0, 0.1) is 11.3 Å². The summed E-state index contributed by atoms with van der Waals surface area (Å²) in [5.74, 6) is -0.579.